The highest BCUT2D eigenvalue weighted by Crippen LogP contribution is 2.55. The average Bonchev–Trinajstić information content (AvgIpc) is 2.66. The van der Waals surface area contributed by atoms with Crippen molar-refractivity contribution in [3.63, 3.8) is 0 Å². The fraction of sp³-hybridized carbons (Fsp3) is 0.720. The molecule has 2 aliphatic rings. The molecule has 1 aromatic carbocycles. The molecule has 1 saturated carbocycles. The molecule has 0 radical (unpaired) electrons. The second kappa shape index (κ2) is 8.41. The lowest BCUT2D eigenvalue weighted by molar-refractivity contribution is -0.154. The number of hydrogen-bond acceptors (Lipinski definition) is 5. The molecular weight excluding hydrogens is 378 g/mol. The second-order valence-corrected chi connectivity index (χ2v) is 10.5. The van der Waals surface area contributed by atoms with Gasteiger partial charge in [0.05, 0.1) is 0 Å². The number of aromatic hydroxyl groups is 2. The van der Waals surface area contributed by atoms with Crippen LogP contribution in [0.2, 0.25) is 0 Å². The first-order valence-corrected chi connectivity index (χ1v) is 11.4. The van der Waals surface area contributed by atoms with Crippen molar-refractivity contribution in [2.45, 2.75) is 96.6 Å². The molecule has 0 spiro atoms. The average molecular weight is 418 g/mol. The molecule has 1 saturated heterocycles. The fourth-order valence-electron chi connectivity index (χ4n) is 5.91. The molecule has 0 amide bonds. The monoisotopic (exact) mass is 417 g/mol. The molecule has 1 aliphatic heterocycles. The van der Waals surface area contributed by atoms with Crippen LogP contribution in [0.5, 0.6) is 11.5 Å². The summed E-state index contributed by atoms with van der Waals surface area (Å²) in [7, 11) is 2.19. The van der Waals surface area contributed by atoms with E-state index in [0.717, 1.165) is 48.9 Å². The minimum Gasteiger partial charge on any atom is -0.504 e. The van der Waals surface area contributed by atoms with Crippen molar-refractivity contribution in [3.05, 3.63) is 22.8 Å². The molecule has 5 nitrogen and oxygen atoms in total. The number of fused-ring (bicyclic) bond motifs is 1. The lowest BCUT2D eigenvalue weighted by Gasteiger charge is -2.54. The van der Waals surface area contributed by atoms with Gasteiger partial charge in [0.25, 0.3) is 0 Å². The number of hydrogen-bond donors (Lipinski definition) is 2. The number of benzene rings is 1. The number of nitrogens with zero attached hydrogens (tertiary/aromatic N) is 1. The van der Waals surface area contributed by atoms with Gasteiger partial charge in [-0.05, 0) is 97.0 Å². The van der Waals surface area contributed by atoms with Crippen LogP contribution in [0.1, 0.15) is 82.9 Å². The molecule has 0 aromatic heterocycles. The fourth-order valence-corrected chi connectivity index (χ4v) is 5.91. The number of esters is 1. The van der Waals surface area contributed by atoms with Crippen molar-refractivity contribution in [2.24, 2.45) is 5.92 Å². The van der Waals surface area contributed by atoms with Gasteiger partial charge in [0.15, 0.2) is 11.5 Å². The van der Waals surface area contributed by atoms with Gasteiger partial charge in [0.1, 0.15) is 5.60 Å². The minimum absolute atomic E-state index is 0.0390. The Morgan fingerprint density at radius 3 is 2.63 bits per heavy atom. The van der Waals surface area contributed by atoms with E-state index in [1.165, 1.54) is 6.42 Å². The van der Waals surface area contributed by atoms with E-state index in [-0.39, 0.29) is 29.3 Å². The second-order valence-electron chi connectivity index (χ2n) is 10.5. The van der Waals surface area contributed by atoms with Crippen molar-refractivity contribution in [2.75, 3.05) is 13.6 Å². The van der Waals surface area contributed by atoms with E-state index < -0.39 is 5.60 Å². The SMILES string of the molecule is Cc1c(CCC(=O)OC(C)(C)C)cc(O)c(O)c1C12CCCCC1C(C)N(C)CC2. The van der Waals surface area contributed by atoms with E-state index >= 15 is 0 Å². The van der Waals surface area contributed by atoms with Crippen molar-refractivity contribution in [1.82, 2.24) is 4.90 Å². The highest BCUT2D eigenvalue weighted by atomic mass is 16.6. The minimum atomic E-state index is -0.507. The predicted molar refractivity (Wildman–Crippen MR) is 119 cm³/mol. The highest BCUT2D eigenvalue weighted by Gasteiger charge is 2.50. The van der Waals surface area contributed by atoms with Crippen LogP contribution in [0.4, 0.5) is 0 Å². The number of carbonyl (C=O) groups excluding carboxylic acids is 1. The quantitative estimate of drug-likeness (QED) is 0.542. The largest absolute Gasteiger partial charge is 0.504 e. The molecule has 1 heterocycles. The third-order valence-electron chi connectivity index (χ3n) is 7.45. The number of phenols is 2. The van der Waals surface area contributed by atoms with E-state index in [4.69, 9.17) is 4.74 Å². The number of phenolic OH excluding ortho intramolecular Hbond substituents is 2. The standard InChI is InChI=1S/C25H39NO4/c1-16-18(10-11-21(28)30-24(3,4)5)15-20(27)23(29)22(16)25-12-8-7-9-19(25)17(2)26(6)14-13-25/h15,17,19,27,29H,7-14H2,1-6H3. The molecule has 3 unspecified atom stereocenters. The molecule has 2 N–H and O–H groups in total. The van der Waals surface area contributed by atoms with Crippen molar-refractivity contribution in [1.29, 1.82) is 0 Å². The Labute approximate surface area is 181 Å². The molecule has 5 heteroatoms. The van der Waals surface area contributed by atoms with Gasteiger partial charge >= 0.3 is 5.97 Å². The normalized spacial score (nSPS) is 27.5. The number of aryl methyl sites for hydroxylation is 1. The Bertz CT molecular complexity index is 797. The zero-order valence-electron chi connectivity index (χ0n) is 19.5. The number of rotatable bonds is 4. The summed E-state index contributed by atoms with van der Waals surface area (Å²) in [6.07, 6.45) is 6.30. The van der Waals surface area contributed by atoms with E-state index in [9.17, 15) is 15.0 Å². The number of carbonyl (C=O) groups is 1. The molecule has 2 fully saturated rings. The third-order valence-corrected chi connectivity index (χ3v) is 7.45. The topological polar surface area (TPSA) is 70.0 Å². The Balaban J connectivity index is 1.97. The summed E-state index contributed by atoms with van der Waals surface area (Å²) in [5, 5.41) is 21.6. The summed E-state index contributed by atoms with van der Waals surface area (Å²) in [5.41, 5.74) is 2.25. The molecule has 30 heavy (non-hydrogen) atoms. The lowest BCUT2D eigenvalue weighted by Crippen LogP contribution is -2.55. The van der Waals surface area contributed by atoms with Gasteiger partial charge in [-0.3, -0.25) is 4.79 Å². The van der Waals surface area contributed by atoms with Crippen molar-refractivity contribution >= 4 is 5.97 Å². The van der Waals surface area contributed by atoms with Crippen LogP contribution in [0.3, 0.4) is 0 Å². The van der Waals surface area contributed by atoms with Gasteiger partial charge in [-0.25, -0.2) is 0 Å². The molecule has 1 aliphatic carbocycles. The van der Waals surface area contributed by atoms with Crippen LogP contribution in [0.25, 0.3) is 0 Å². The molecule has 3 rings (SSSR count). The molecule has 168 valence electrons. The van der Waals surface area contributed by atoms with E-state index in [1.54, 1.807) is 6.07 Å². The summed E-state index contributed by atoms with van der Waals surface area (Å²) in [6.45, 7) is 10.9. The van der Waals surface area contributed by atoms with Crippen LogP contribution in [-0.2, 0) is 21.4 Å². The molecule has 3 atom stereocenters. The molecule has 1 aromatic rings. The zero-order chi connectivity index (χ0) is 22.3. The first kappa shape index (κ1) is 22.9. The smallest absolute Gasteiger partial charge is 0.306 e. The van der Waals surface area contributed by atoms with Crippen LogP contribution in [0.15, 0.2) is 6.07 Å². The first-order chi connectivity index (χ1) is 14.0. The highest BCUT2D eigenvalue weighted by molar-refractivity contribution is 5.70. The van der Waals surface area contributed by atoms with Gasteiger partial charge < -0.3 is 19.8 Å². The Morgan fingerprint density at radius 2 is 1.97 bits per heavy atom. The maximum absolute atomic E-state index is 12.2. The summed E-state index contributed by atoms with van der Waals surface area (Å²) in [4.78, 5) is 14.7. The van der Waals surface area contributed by atoms with E-state index in [1.807, 2.05) is 27.7 Å². The van der Waals surface area contributed by atoms with Crippen LogP contribution >= 0.6 is 0 Å². The van der Waals surface area contributed by atoms with Crippen molar-refractivity contribution < 1.29 is 19.7 Å². The number of piperidine rings is 1. The summed E-state index contributed by atoms with van der Waals surface area (Å²) < 4.78 is 5.45. The van der Waals surface area contributed by atoms with Gasteiger partial charge in [-0.1, -0.05) is 12.8 Å². The van der Waals surface area contributed by atoms with Crippen LogP contribution < -0.4 is 0 Å². The summed E-state index contributed by atoms with van der Waals surface area (Å²) in [6, 6.07) is 2.07. The van der Waals surface area contributed by atoms with Crippen LogP contribution in [0, 0.1) is 12.8 Å². The molecular formula is C25H39NO4. The number of likely N-dealkylation sites (tertiary alicyclic amines) is 1. The zero-order valence-corrected chi connectivity index (χ0v) is 19.5. The van der Waals surface area contributed by atoms with Crippen LogP contribution in [-0.4, -0.2) is 46.3 Å². The Hall–Kier alpha value is -1.75. The Morgan fingerprint density at radius 1 is 1.27 bits per heavy atom. The maximum Gasteiger partial charge on any atom is 0.306 e. The summed E-state index contributed by atoms with van der Waals surface area (Å²) in [5.74, 6) is 0.185. The third kappa shape index (κ3) is 4.32. The van der Waals surface area contributed by atoms with E-state index in [0.29, 0.717) is 18.4 Å². The number of ether oxygens (including phenoxy) is 1. The van der Waals surface area contributed by atoms with Gasteiger partial charge in [-0.15, -0.1) is 0 Å². The molecule has 0 bridgehead atoms. The van der Waals surface area contributed by atoms with Gasteiger partial charge in [-0.2, -0.15) is 0 Å². The van der Waals surface area contributed by atoms with Crippen molar-refractivity contribution in [3.8, 4) is 11.5 Å². The van der Waals surface area contributed by atoms with Gasteiger partial charge in [0.2, 0.25) is 0 Å². The lowest BCUT2D eigenvalue weighted by atomic mass is 9.56. The predicted octanol–water partition coefficient (Wildman–Crippen LogP) is 4.83. The van der Waals surface area contributed by atoms with Gasteiger partial charge in [0, 0.05) is 23.4 Å². The Kier molecular flexibility index (Phi) is 6.43. The maximum atomic E-state index is 12.2. The van der Waals surface area contributed by atoms with E-state index in [2.05, 4.69) is 18.9 Å². The first-order valence-electron chi connectivity index (χ1n) is 11.4. The summed E-state index contributed by atoms with van der Waals surface area (Å²) >= 11 is 0.